The maximum Gasteiger partial charge on any atom is 0.233 e. The van der Waals surface area contributed by atoms with Crippen molar-refractivity contribution in [3.63, 3.8) is 0 Å². The van der Waals surface area contributed by atoms with E-state index >= 15 is 0 Å². The van der Waals surface area contributed by atoms with Gasteiger partial charge in [-0.3, -0.25) is 4.79 Å². The van der Waals surface area contributed by atoms with E-state index in [1.54, 1.807) is 17.6 Å². The Bertz CT molecular complexity index is 1140. The maximum atomic E-state index is 13.3. The van der Waals surface area contributed by atoms with E-state index in [-0.39, 0.29) is 11.8 Å². The van der Waals surface area contributed by atoms with E-state index in [2.05, 4.69) is 27.7 Å². The summed E-state index contributed by atoms with van der Waals surface area (Å²) in [6.07, 6.45) is 0.528. The highest BCUT2D eigenvalue weighted by molar-refractivity contribution is 7.13. The minimum Gasteiger partial charge on any atom is -0.300 e. The van der Waals surface area contributed by atoms with Crippen LogP contribution in [-0.4, -0.2) is 16.1 Å². The van der Waals surface area contributed by atoms with Crippen LogP contribution in [0.2, 0.25) is 0 Å². The second kappa shape index (κ2) is 6.88. The molecule has 1 aliphatic rings. The van der Waals surface area contributed by atoms with Crippen molar-refractivity contribution in [2.45, 2.75) is 19.3 Å². The SMILES string of the molecule is C[C@@]1(C(=O)Nc2nncs2)Cc2ccc(C#N)cc2[C@@H]1c1cccc(C#N)c1. The molecule has 1 amide bonds. The molecule has 1 aliphatic carbocycles. The molecule has 2 aromatic carbocycles. The molecule has 0 radical (unpaired) electrons. The molecule has 6 nitrogen and oxygen atoms in total. The quantitative estimate of drug-likeness (QED) is 0.742. The first-order valence-electron chi connectivity index (χ1n) is 8.66. The van der Waals surface area contributed by atoms with Crippen LogP contribution in [0.15, 0.2) is 48.0 Å². The number of nitrogens with one attached hydrogen (secondary N) is 1. The van der Waals surface area contributed by atoms with Gasteiger partial charge in [-0.2, -0.15) is 10.5 Å². The minimum atomic E-state index is -0.795. The molecule has 1 aromatic heterocycles. The summed E-state index contributed by atoms with van der Waals surface area (Å²) in [5, 5.41) is 29.6. The van der Waals surface area contributed by atoms with Crippen molar-refractivity contribution in [2.75, 3.05) is 5.32 Å². The number of carbonyl (C=O) groups is 1. The lowest BCUT2D eigenvalue weighted by Gasteiger charge is -2.31. The minimum absolute atomic E-state index is 0.161. The van der Waals surface area contributed by atoms with Gasteiger partial charge >= 0.3 is 0 Å². The number of amides is 1. The van der Waals surface area contributed by atoms with E-state index in [0.29, 0.717) is 22.7 Å². The van der Waals surface area contributed by atoms with Crippen LogP contribution in [0.3, 0.4) is 0 Å². The largest absolute Gasteiger partial charge is 0.300 e. The Hall–Kier alpha value is -3.55. The molecule has 1 N–H and O–H groups in total. The number of nitrogens with zero attached hydrogens (tertiary/aromatic N) is 4. The van der Waals surface area contributed by atoms with E-state index in [1.165, 1.54) is 11.3 Å². The predicted molar refractivity (Wildman–Crippen MR) is 105 cm³/mol. The van der Waals surface area contributed by atoms with Crippen LogP contribution < -0.4 is 5.32 Å². The third kappa shape index (κ3) is 2.92. The average Bonchev–Trinajstić information content (AvgIpc) is 3.32. The fraction of sp³-hybridized carbons (Fsp3) is 0.190. The molecule has 0 fully saturated rings. The van der Waals surface area contributed by atoms with Gasteiger partial charge in [0.2, 0.25) is 11.0 Å². The third-order valence-corrected chi connectivity index (χ3v) is 5.84. The molecule has 2 atom stereocenters. The zero-order chi connectivity index (χ0) is 19.7. The summed E-state index contributed by atoms with van der Waals surface area (Å²) in [5.74, 6) is -0.441. The topological polar surface area (TPSA) is 102 Å². The van der Waals surface area contributed by atoms with Crippen LogP contribution in [0.5, 0.6) is 0 Å². The summed E-state index contributed by atoms with van der Waals surface area (Å²) >= 11 is 1.26. The molecular weight excluding hydrogens is 370 g/mol. The summed E-state index contributed by atoms with van der Waals surface area (Å²) in [4.78, 5) is 13.3. The molecule has 28 heavy (non-hydrogen) atoms. The van der Waals surface area contributed by atoms with Gasteiger partial charge in [0.1, 0.15) is 5.51 Å². The van der Waals surface area contributed by atoms with E-state index in [0.717, 1.165) is 16.7 Å². The van der Waals surface area contributed by atoms with Crippen molar-refractivity contribution in [3.8, 4) is 12.1 Å². The highest BCUT2D eigenvalue weighted by Gasteiger charge is 2.49. The molecule has 0 unspecified atom stereocenters. The van der Waals surface area contributed by atoms with Gasteiger partial charge in [0.15, 0.2) is 0 Å². The number of aromatic nitrogens is 2. The number of hydrogen-bond acceptors (Lipinski definition) is 6. The number of fused-ring (bicyclic) bond motifs is 1. The van der Waals surface area contributed by atoms with Gasteiger partial charge in [-0.25, -0.2) is 0 Å². The summed E-state index contributed by atoms with van der Waals surface area (Å²) in [7, 11) is 0. The number of rotatable bonds is 3. The normalized spacial score (nSPS) is 20.0. The van der Waals surface area contributed by atoms with Gasteiger partial charge in [0, 0.05) is 5.92 Å². The van der Waals surface area contributed by atoms with Crippen LogP contribution in [0.4, 0.5) is 5.13 Å². The van der Waals surface area contributed by atoms with Crippen molar-refractivity contribution >= 4 is 22.4 Å². The zero-order valence-electron chi connectivity index (χ0n) is 15.0. The van der Waals surface area contributed by atoms with E-state index in [1.807, 2.05) is 37.3 Å². The lowest BCUT2D eigenvalue weighted by molar-refractivity contribution is -0.125. The Morgan fingerprint density at radius 1 is 1.21 bits per heavy atom. The molecule has 0 spiro atoms. The molecular formula is C21H15N5OS. The molecule has 7 heteroatoms. The Balaban J connectivity index is 1.84. The van der Waals surface area contributed by atoms with Crippen LogP contribution in [-0.2, 0) is 11.2 Å². The lowest BCUT2D eigenvalue weighted by atomic mass is 9.73. The van der Waals surface area contributed by atoms with Crippen molar-refractivity contribution in [3.05, 3.63) is 75.8 Å². The van der Waals surface area contributed by atoms with Gasteiger partial charge in [-0.1, -0.05) is 29.5 Å². The number of anilines is 1. The Morgan fingerprint density at radius 2 is 2.00 bits per heavy atom. The van der Waals surface area contributed by atoms with Crippen LogP contribution >= 0.6 is 11.3 Å². The first-order chi connectivity index (χ1) is 13.5. The second-order valence-electron chi connectivity index (χ2n) is 6.99. The van der Waals surface area contributed by atoms with Crippen LogP contribution in [0.25, 0.3) is 0 Å². The Labute approximate surface area is 166 Å². The van der Waals surface area contributed by atoms with Crippen molar-refractivity contribution in [1.82, 2.24) is 10.2 Å². The molecule has 4 rings (SSSR count). The predicted octanol–water partition coefficient (Wildman–Crippen LogP) is 3.61. The highest BCUT2D eigenvalue weighted by Crippen LogP contribution is 2.51. The zero-order valence-corrected chi connectivity index (χ0v) is 15.8. The molecule has 0 aliphatic heterocycles. The van der Waals surface area contributed by atoms with Crippen LogP contribution in [0.1, 0.15) is 40.7 Å². The maximum absolute atomic E-state index is 13.3. The van der Waals surface area contributed by atoms with Crippen molar-refractivity contribution in [1.29, 1.82) is 10.5 Å². The van der Waals surface area contributed by atoms with E-state index in [9.17, 15) is 15.3 Å². The van der Waals surface area contributed by atoms with Gasteiger partial charge in [0.25, 0.3) is 0 Å². The summed E-state index contributed by atoms with van der Waals surface area (Å²) in [6, 6.07) is 17.2. The smallest absolute Gasteiger partial charge is 0.233 e. The number of carbonyl (C=O) groups excluding carboxylic acids is 1. The molecule has 0 bridgehead atoms. The first-order valence-corrected chi connectivity index (χ1v) is 9.54. The Kier molecular flexibility index (Phi) is 4.38. The summed E-state index contributed by atoms with van der Waals surface area (Å²) in [6.45, 7) is 1.92. The average molecular weight is 385 g/mol. The lowest BCUT2D eigenvalue weighted by Crippen LogP contribution is -2.37. The monoisotopic (exact) mass is 385 g/mol. The summed E-state index contributed by atoms with van der Waals surface area (Å²) in [5.41, 5.74) is 4.71. The molecule has 0 saturated heterocycles. The van der Waals surface area contributed by atoms with Crippen molar-refractivity contribution < 1.29 is 4.79 Å². The van der Waals surface area contributed by atoms with E-state index in [4.69, 9.17) is 0 Å². The van der Waals surface area contributed by atoms with Gasteiger partial charge in [0.05, 0.1) is 28.7 Å². The first kappa shape index (κ1) is 17.8. The Morgan fingerprint density at radius 3 is 2.71 bits per heavy atom. The third-order valence-electron chi connectivity index (χ3n) is 5.23. The second-order valence-corrected chi connectivity index (χ2v) is 7.82. The van der Waals surface area contributed by atoms with Gasteiger partial charge < -0.3 is 5.32 Å². The molecule has 0 saturated carbocycles. The standard InChI is InChI=1S/C21H15N5OS/c1-21(19(27)25-20-26-24-12-28-20)9-16-6-5-14(11-23)8-17(16)18(21)15-4-2-3-13(7-15)10-22/h2-8,12,18H,9H2,1H3,(H,25,26,27)/t18-,21+/m0/s1. The van der Waals surface area contributed by atoms with E-state index < -0.39 is 5.41 Å². The highest BCUT2D eigenvalue weighted by atomic mass is 32.1. The summed E-state index contributed by atoms with van der Waals surface area (Å²) < 4.78 is 0. The van der Waals surface area contributed by atoms with Crippen molar-refractivity contribution in [2.24, 2.45) is 5.41 Å². The number of nitriles is 2. The van der Waals surface area contributed by atoms with Gasteiger partial charge in [-0.05, 0) is 54.3 Å². The van der Waals surface area contributed by atoms with Crippen LogP contribution in [0, 0.1) is 28.1 Å². The fourth-order valence-corrected chi connectivity index (χ4v) is 4.39. The molecule has 3 aromatic rings. The number of benzene rings is 2. The number of hydrogen-bond donors (Lipinski definition) is 1. The fourth-order valence-electron chi connectivity index (χ4n) is 3.95. The van der Waals surface area contributed by atoms with Gasteiger partial charge in [-0.15, -0.1) is 10.2 Å². The molecule has 136 valence electrons. The molecule has 1 heterocycles.